The van der Waals surface area contributed by atoms with Crippen molar-refractivity contribution in [3.8, 4) is 0 Å². The van der Waals surface area contributed by atoms with Crippen LogP contribution in [0.5, 0.6) is 0 Å². The van der Waals surface area contributed by atoms with E-state index in [1.165, 1.54) is 167 Å². The van der Waals surface area contributed by atoms with Gasteiger partial charge in [-0.3, -0.25) is 4.79 Å². The molecule has 0 bridgehead atoms. The van der Waals surface area contributed by atoms with Crippen LogP contribution in [0.15, 0.2) is 36.5 Å². The van der Waals surface area contributed by atoms with Crippen molar-refractivity contribution in [3.63, 3.8) is 0 Å². The van der Waals surface area contributed by atoms with Crippen LogP contribution in [0, 0.1) is 0 Å². The van der Waals surface area contributed by atoms with Gasteiger partial charge in [0, 0.05) is 6.42 Å². The third kappa shape index (κ3) is 35.9. The molecule has 4 heteroatoms. The summed E-state index contributed by atoms with van der Waals surface area (Å²) in [6.45, 7) is 4.29. The summed E-state index contributed by atoms with van der Waals surface area (Å²) >= 11 is 0. The summed E-state index contributed by atoms with van der Waals surface area (Å²) in [6.07, 6.45) is 52.4. The number of aliphatic hydroxyl groups is 2. The summed E-state index contributed by atoms with van der Waals surface area (Å²) in [5, 5.41) is 23.0. The Morgan fingerprint density at radius 2 is 0.812 bits per heavy atom. The lowest BCUT2D eigenvalue weighted by Gasteiger charge is -2.19. The van der Waals surface area contributed by atoms with E-state index in [2.05, 4.69) is 43.5 Å². The second kappa shape index (κ2) is 40.0. The Bertz CT molecular complexity index is 731. The Hall–Kier alpha value is -1.39. The maximum atomic E-state index is 12.4. The van der Waals surface area contributed by atoms with Crippen molar-refractivity contribution in [2.45, 2.75) is 231 Å². The minimum Gasteiger partial charge on any atom is -0.394 e. The summed E-state index contributed by atoms with van der Waals surface area (Å²) in [4.78, 5) is 12.4. The molecule has 0 heterocycles. The highest BCUT2D eigenvalue weighted by molar-refractivity contribution is 5.76. The SMILES string of the molecule is CCCCCCCC/C=C\CCCCCCCCCC(=O)NC(CO)C(O)/C=C/CC/C=C/CCCCCCCCCCCCCCC. The standard InChI is InChI=1S/C44H83NO3/c1-3-5-7-9-11-13-15-17-19-21-22-24-25-27-29-31-33-35-37-39-43(47)42(41-46)45-44(48)40-38-36-34-32-30-28-26-23-20-18-16-14-12-10-8-6-4-2/h18,20,29,31,37,39,42-43,46-47H,3-17,19,21-28,30,32-36,38,40-41H2,1-2H3,(H,45,48)/b20-18-,31-29+,39-37+. The number of allylic oxidation sites excluding steroid dienone is 5. The first-order valence-corrected chi connectivity index (χ1v) is 21.2. The predicted octanol–water partition coefficient (Wildman–Crippen LogP) is 13.0. The molecule has 0 aromatic carbocycles. The summed E-state index contributed by atoms with van der Waals surface area (Å²) in [6, 6.07) is -0.639. The van der Waals surface area contributed by atoms with Gasteiger partial charge in [-0.15, -0.1) is 0 Å². The number of carbonyl (C=O) groups is 1. The first-order valence-electron chi connectivity index (χ1n) is 21.2. The fourth-order valence-electron chi connectivity index (χ4n) is 6.31. The van der Waals surface area contributed by atoms with Gasteiger partial charge >= 0.3 is 0 Å². The van der Waals surface area contributed by atoms with E-state index in [0.717, 1.165) is 32.1 Å². The Labute approximate surface area is 300 Å². The molecule has 0 aromatic heterocycles. The van der Waals surface area contributed by atoms with Gasteiger partial charge in [0.25, 0.3) is 0 Å². The zero-order valence-corrected chi connectivity index (χ0v) is 32.3. The molecule has 282 valence electrons. The number of hydrogen-bond acceptors (Lipinski definition) is 3. The Morgan fingerprint density at radius 1 is 0.479 bits per heavy atom. The molecule has 0 saturated carbocycles. The summed E-state index contributed by atoms with van der Waals surface area (Å²) < 4.78 is 0. The Balaban J connectivity index is 3.63. The molecule has 0 aliphatic carbocycles. The fraction of sp³-hybridized carbons (Fsp3) is 0.841. The number of hydrogen-bond donors (Lipinski definition) is 3. The second-order valence-electron chi connectivity index (χ2n) is 14.4. The molecular weight excluding hydrogens is 590 g/mol. The molecule has 0 aliphatic heterocycles. The van der Waals surface area contributed by atoms with Crippen LogP contribution in [0.1, 0.15) is 219 Å². The third-order valence-corrected chi connectivity index (χ3v) is 9.60. The average molecular weight is 674 g/mol. The van der Waals surface area contributed by atoms with Gasteiger partial charge in [0.2, 0.25) is 5.91 Å². The Morgan fingerprint density at radius 3 is 1.21 bits per heavy atom. The van der Waals surface area contributed by atoms with Gasteiger partial charge in [-0.25, -0.2) is 0 Å². The lowest BCUT2D eigenvalue weighted by molar-refractivity contribution is -0.123. The maximum absolute atomic E-state index is 12.4. The van der Waals surface area contributed by atoms with Gasteiger partial charge in [0.15, 0.2) is 0 Å². The van der Waals surface area contributed by atoms with Crippen molar-refractivity contribution >= 4 is 5.91 Å². The molecule has 3 N–H and O–H groups in total. The Kier molecular flexibility index (Phi) is 38.9. The zero-order valence-electron chi connectivity index (χ0n) is 32.3. The maximum Gasteiger partial charge on any atom is 0.220 e. The minimum atomic E-state index is -0.862. The minimum absolute atomic E-state index is 0.0784. The highest BCUT2D eigenvalue weighted by Gasteiger charge is 2.17. The van der Waals surface area contributed by atoms with Crippen molar-refractivity contribution in [2.75, 3.05) is 6.61 Å². The number of aliphatic hydroxyl groups excluding tert-OH is 2. The number of rotatable bonds is 38. The molecule has 0 fully saturated rings. The van der Waals surface area contributed by atoms with E-state index in [1.807, 2.05) is 6.08 Å². The van der Waals surface area contributed by atoms with Crippen molar-refractivity contribution in [2.24, 2.45) is 0 Å². The van der Waals surface area contributed by atoms with Crippen molar-refractivity contribution in [1.29, 1.82) is 0 Å². The van der Waals surface area contributed by atoms with Gasteiger partial charge in [-0.2, -0.15) is 0 Å². The van der Waals surface area contributed by atoms with E-state index in [4.69, 9.17) is 0 Å². The van der Waals surface area contributed by atoms with Crippen LogP contribution in [0.3, 0.4) is 0 Å². The first-order chi connectivity index (χ1) is 23.7. The first kappa shape index (κ1) is 46.6. The number of unbranched alkanes of at least 4 members (excludes halogenated alkanes) is 27. The van der Waals surface area contributed by atoms with Crippen molar-refractivity contribution in [3.05, 3.63) is 36.5 Å². The van der Waals surface area contributed by atoms with E-state index in [0.29, 0.717) is 6.42 Å². The number of amides is 1. The number of nitrogens with one attached hydrogen (secondary N) is 1. The normalized spacial score (nSPS) is 13.3. The van der Waals surface area contributed by atoms with Crippen LogP contribution >= 0.6 is 0 Å². The topological polar surface area (TPSA) is 69.6 Å². The molecule has 0 aliphatic rings. The van der Waals surface area contributed by atoms with Crippen LogP contribution in [-0.4, -0.2) is 34.9 Å². The largest absolute Gasteiger partial charge is 0.394 e. The highest BCUT2D eigenvalue weighted by Crippen LogP contribution is 2.14. The van der Waals surface area contributed by atoms with Crippen molar-refractivity contribution < 1.29 is 15.0 Å². The molecule has 0 radical (unpaired) electrons. The van der Waals surface area contributed by atoms with Crippen LogP contribution in [0.25, 0.3) is 0 Å². The van der Waals surface area contributed by atoms with E-state index >= 15 is 0 Å². The van der Waals surface area contributed by atoms with Gasteiger partial charge in [0.05, 0.1) is 18.8 Å². The highest BCUT2D eigenvalue weighted by atomic mass is 16.3. The van der Waals surface area contributed by atoms with Crippen molar-refractivity contribution in [1.82, 2.24) is 5.32 Å². The van der Waals surface area contributed by atoms with Crippen LogP contribution in [0.4, 0.5) is 0 Å². The molecule has 2 atom stereocenters. The van der Waals surface area contributed by atoms with Gasteiger partial charge in [-0.1, -0.05) is 192 Å². The molecule has 48 heavy (non-hydrogen) atoms. The molecule has 4 nitrogen and oxygen atoms in total. The molecule has 0 rings (SSSR count). The summed E-state index contributed by atoms with van der Waals surface area (Å²) in [5.41, 5.74) is 0. The van der Waals surface area contributed by atoms with Gasteiger partial charge in [-0.05, 0) is 57.8 Å². The van der Waals surface area contributed by atoms with E-state index in [9.17, 15) is 15.0 Å². The van der Waals surface area contributed by atoms with Crippen LogP contribution in [-0.2, 0) is 4.79 Å². The lowest BCUT2D eigenvalue weighted by Crippen LogP contribution is -2.45. The molecule has 0 saturated heterocycles. The third-order valence-electron chi connectivity index (χ3n) is 9.60. The second-order valence-corrected chi connectivity index (χ2v) is 14.4. The molecule has 0 spiro atoms. The molecule has 0 aromatic rings. The fourth-order valence-corrected chi connectivity index (χ4v) is 6.31. The van der Waals surface area contributed by atoms with Gasteiger partial charge < -0.3 is 15.5 Å². The van der Waals surface area contributed by atoms with E-state index in [-0.39, 0.29) is 12.5 Å². The molecule has 1 amide bonds. The average Bonchev–Trinajstić information content (AvgIpc) is 3.09. The smallest absolute Gasteiger partial charge is 0.220 e. The summed E-state index contributed by atoms with van der Waals surface area (Å²) in [7, 11) is 0. The predicted molar refractivity (Wildman–Crippen MR) is 212 cm³/mol. The van der Waals surface area contributed by atoms with Crippen LogP contribution in [0.2, 0.25) is 0 Å². The molecule has 2 unspecified atom stereocenters. The molecular formula is C44H83NO3. The zero-order chi connectivity index (χ0) is 35.0. The van der Waals surface area contributed by atoms with E-state index in [1.54, 1.807) is 6.08 Å². The lowest BCUT2D eigenvalue weighted by atomic mass is 10.0. The van der Waals surface area contributed by atoms with Crippen LogP contribution < -0.4 is 5.32 Å². The number of carbonyl (C=O) groups excluding carboxylic acids is 1. The monoisotopic (exact) mass is 674 g/mol. The quantitative estimate of drug-likeness (QED) is 0.0451. The summed E-state index contributed by atoms with van der Waals surface area (Å²) in [5.74, 6) is -0.0784. The van der Waals surface area contributed by atoms with E-state index < -0.39 is 12.1 Å². The van der Waals surface area contributed by atoms with Gasteiger partial charge in [0.1, 0.15) is 0 Å².